The molecule has 2 aliphatic heterocycles. The molecule has 3 N–H and O–H groups in total. The molecule has 0 unspecified atom stereocenters. The van der Waals surface area contributed by atoms with Crippen LogP contribution < -0.4 is 15.5 Å². The van der Waals surface area contributed by atoms with Gasteiger partial charge in [0.2, 0.25) is 0 Å². The molecule has 2 heterocycles. The van der Waals surface area contributed by atoms with Gasteiger partial charge in [-0.15, -0.1) is 0 Å². The SMILES string of the molecule is CCOC(=O)C1=C(C[NH+]2C[C@@H](C)C[C@H](C)C2)NC(=O)N[C@H]1c1cccc([N+](=O)[O-])c1. The van der Waals surface area contributed by atoms with Gasteiger partial charge in [0.1, 0.15) is 6.54 Å². The fraction of sp³-hybridized carbons (Fsp3) is 0.524. The van der Waals surface area contributed by atoms with E-state index in [1.807, 2.05) is 0 Å². The minimum atomic E-state index is -0.813. The summed E-state index contributed by atoms with van der Waals surface area (Å²) < 4.78 is 5.28. The van der Waals surface area contributed by atoms with Gasteiger partial charge in [0.25, 0.3) is 5.69 Å². The summed E-state index contributed by atoms with van der Waals surface area (Å²) in [4.78, 5) is 37.3. The summed E-state index contributed by atoms with van der Waals surface area (Å²) in [6.07, 6.45) is 1.16. The van der Waals surface area contributed by atoms with Crippen LogP contribution >= 0.6 is 0 Å². The van der Waals surface area contributed by atoms with E-state index in [0.717, 1.165) is 19.5 Å². The van der Waals surface area contributed by atoms with Gasteiger partial charge in [-0.2, -0.15) is 0 Å². The van der Waals surface area contributed by atoms with E-state index < -0.39 is 23.0 Å². The Morgan fingerprint density at radius 2 is 2.00 bits per heavy atom. The molecule has 1 aromatic carbocycles. The van der Waals surface area contributed by atoms with Gasteiger partial charge in [-0.1, -0.05) is 26.0 Å². The number of nitrogens with zero attached hydrogens (tertiary/aromatic N) is 1. The Morgan fingerprint density at radius 3 is 2.63 bits per heavy atom. The van der Waals surface area contributed by atoms with E-state index in [4.69, 9.17) is 4.74 Å². The maximum atomic E-state index is 12.9. The molecule has 1 saturated heterocycles. The number of urea groups is 1. The van der Waals surface area contributed by atoms with Crippen LogP contribution in [0.4, 0.5) is 10.5 Å². The summed E-state index contributed by atoms with van der Waals surface area (Å²) in [6.45, 7) is 8.72. The first-order valence-corrected chi connectivity index (χ1v) is 10.3. The highest BCUT2D eigenvalue weighted by Gasteiger charge is 2.37. The number of amides is 2. The standard InChI is InChI=1S/C21H28N4O5/c1-4-30-20(26)18-17(12-24-10-13(2)8-14(3)11-24)22-21(27)23-19(18)15-6-5-7-16(9-15)25(28)29/h5-7,9,13-14,19H,4,8,10-12H2,1-3H3,(H2,22,23,27)/p+1/t13-,14-,19-/m0/s1. The van der Waals surface area contributed by atoms with E-state index in [9.17, 15) is 19.7 Å². The van der Waals surface area contributed by atoms with Gasteiger partial charge >= 0.3 is 12.0 Å². The van der Waals surface area contributed by atoms with Crippen LogP contribution in [0.15, 0.2) is 35.5 Å². The molecule has 162 valence electrons. The number of hydrogen-bond donors (Lipinski definition) is 3. The zero-order valence-corrected chi connectivity index (χ0v) is 17.6. The third kappa shape index (κ3) is 4.96. The topological polar surface area (TPSA) is 115 Å². The summed E-state index contributed by atoms with van der Waals surface area (Å²) in [7, 11) is 0. The van der Waals surface area contributed by atoms with E-state index in [1.165, 1.54) is 17.0 Å². The van der Waals surface area contributed by atoms with Crippen molar-refractivity contribution in [3.05, 3.63) is 51.2 Å². The number of esters is 1. The average molecular weight is 417 g/mol. The third-order valence-electron chi connectivity index (χ3n) is 5.57. The van der Waals surface area contributed by atoms with Crippen LogP contribution in [0.2, 0.25) is 0 Å². The third-order valence-corrected chi connectivity index (χ3v) is 5.57. The maximum Gasteiger partial charge on any atom is 0.338 e. The predicted octanol–water partition coefficient (Wildman–Crippen LogP) is 1.33. The fourth-order valence-corrected chi connectivity index (χ4v) is 4.59. The van der Waals surface area contributed by atoms with Gasteiger partial charge in [0.05, 0.1) is 41.9 Å². The van der Waals surface area contributed by atoms with Crippen LogP contribution in [0.5, 0.6) is 0 Å². The van der Waals surface area contributed by atoms with Crippen molar-refractivity contribution >= 4 is 17.7 Å². The number of rotatable bonds is 6. The van der Waals surface area contributed by atoms with Crippen LogP contribution in [0.3, 0.4) is 0 Å². The zero-order chi connectivity index (χ0) is 21.8. The Balaban J connectivity index is 2.01. The Labute approximate surface area is 175 Å². The minimum absolute atomic E-state index is 0.102. The zero-order valence-electron chi connectivity index (χ0n) is 17.6. The number of carbonyl (C=O) groups excluding carboxylic acids is 2. The first-order valence-electron chi connectivity index (χ1n) is 10.3. The fourth-order valence-electron chi connectivity index (χ4n) is 4.59. The Kier molecular flexibility index (Phi) is 6.71. The molecular formula is C21H29N4O5+. The first-order chi connectivity index (χ1) is 14.3. The van der Waals surface area contributed by atoms with Crippen LogP contribution in [-0.2, 0) is 9.53 Å². The molecular weight excluding hydrogens is 388 g/mol. The van der Waals surface area contributed by atoms with Gasteiger partial charge in [-0.25, -0.2) is 9.59 Å². The van der Waals surface area contributed by atoms with Crippen LogP contribution in [-0.4, -0.2) is 43.2 Å². The highest BCUT2D eigenvalue weighted by molar-refractivity contribution is 5.95. The lowest BCUT2D eigenvalue weighted by molar-refractivity contribution is -0.907. The minimum Gasteiger partial charge on any atom is -0.463 e. The molecule has 1 fully saturated rings. The summed E-state index contributed by atoms with van der Waals surface area (Å²) in [5.74, 6) is 0.578. The summed E-state index contributed by atoms with van der Waals surface area (Å²) in [5, 5.41) is 16.7. The number of hydrogen-bond acceptors (Lipinski definition) is 5. The number of quaternary nitrogens is 1. The van der Waals surface area contributed by atoms with Gasteiger partial charge < -0.3 is 20.3 Å². The van der Waals surface area contributed by atoms with Crippen molar-refractivity contribution < 1.29 is 24.1 Å². The maximum absolute atomic E-state index is 12.9. The number of non-ortho nitro benzene ring substituents is 1. The Hall–Kier alpha value is -2.94. The smallest absolute Gasteiger partial charge is 0.338 e. The lowest BCUT2D eigenvalue weighted by Crippen LogP contribution is -3.14. The molecule has 1 aromatic rings. The lowest BCUT2D eigenvalue weighted by Gasteiger charge is -2.35. The number of benzene rings is 1. The largest absolute Gasteiger partial charge is 0.463 e. The van der Waals surface area contributed by atoms with Gasteiger partial charge in [0.15, 0.2) is 0 Å². The molecule has 30 heavy (non-hydrogen) atoms. The molecule has 2 aliphatic rings. The van der Waals surface area contributed by atoms with Crippen LogP contribution in [0, 0.1) is 22.0 Å². The van der Waals surface area contributed by atoms with Gasteiger partial charge in [-0.3, -0.25) is 10.1 Å². The molecule has 0 bridgehead atoms. The first kappa shape index (κ1) is 21.8. The number of carbonyl (C=O) groups is 2. The van der Waals surface area contributed by atoms with Crippen LogP contribution in [0.25, 0.3) is 0 Å². The molecule has 0 aromatic heterocycles. The molecule has 2 amide bonds. The van der Waals surface area contributed by atoms with Crippen molar-refractivity contribution in [3.8, 4) is 0 Å². The highest BCUT2D eigenvalue weighted by atomic mass is 16.6. The quantitative estimate of drug-likeness (QED) is 0.367. The van der Waals surface area contributed by atoms with Crippen molar-refractivity contribution in [3.63, 3.8) is 0 Å². The highest BCUT2D eigenvalue weighted by Crippen LogP contribution is 2.29. The molecule has 0 radical (unpaired) electrons. The number of nitro groups is 1. The van der Waals surface area contributed by atoms with E-state index in [1.54, 1.807) is 19.1 Å². The number of nitro benzene ring substituents is 1. The van der Waals surface area contributed by atoms with E-state index in [2.05, 4.69) is 24.5 Å². The second kappa shape index (κ2) is 9.25. The molecule has 0 spiro atoms. The second-order valence-corrected chi connectivity index (χ2v) is 8.28. The van der Waals surface area contributed by atoms with Gasteiger partial charge in [0, 0.05) is 24.0 Å². The summed E-state index contributed by atoms with van der Waals surface area (Å²) in [5.41, 5.74) is 1.18. The van der Waals surface area contributed by atoms with Crippen molar-refractivity contribution in [2.75, 3.05) is 26.2 Å². The van der Waals surface area contributed by atoms with Crippen molar-refractivity contribution in [1.29, 1.82) is 0 Å². The molecule has 9 heteroatoms. The number of likely N-dealkylation sites (tertiary alicyclic amines) is 1. The number of piperidine rings is 1. The van der Waals surface area contributed by atoms with Crippen LogP contribution in [0.1, 0.15) is 38.8 Å². The van der Waals surface area contributed by atoms with Crippen molar-refractivity contribution in [2.24, 2.45) is 11.8 Å². The van der Waals surface area contributed by atoms with Gasteiger partial charge in [-0.05, 0) is 18.9 Å². The Bertz CT molecular complexity index is 859. The average Bonchev–Trinajstić information content (AvgIpc) is 2.67. The number of ether oxygens (including phenoxy) is 1. The monoisotopic (exact) mass is 417 g/mol. The van der Waals surface area contributed by atoms with E-state index in [-0.39, 0.29) is 12.3 Å². The predicted molar refractivity (Wildman–Crippen MR) is 110 cm³/mol. The second-order valence-electron chi connectivity index (χ2n) is 8.28. The summed E-state index contributed by atoms with van der Waals surface area (Å²) >= 11 is 0. The Morgan fingerprint density at radius 1 is 1.30 bits per heavy atom. The number of nitrogens with one attached hydrogen (secondary N) is 3. The normalized spacial score (nSPS) is 26.6. The van der Waals surface area contributed by atoms with E-state index in [0.29, 0.717) is 35.2 Å². The van der Waals surface area contributed by atoms with Crippen molar-refractivity contribution in [1.82, 2.24) is 10.6 Å². The lowest BCUT2D eigenvalue weighted by atomic mass is 9.91. The van der Waals surface area contributed by atoms with E-state index >= 15 is 0 Å². The molecule has 0 aliphatic carbocycles. The van der Waals surface area contributed by atoms with Crippen molar-refractivity contribution in [2.45, 2.75) is 33.2 Å². The molecule has 9 nitrogen and oxygen atoms in total. The summed E-state index contributed by atoms with van der Waals surface area (Å²) in [6, 6.07) is 4.72. The molecule has 3 rings (SSSR count). The molecule has 3 atom stereocenters. The molecule has 0 saturated carbocycles.